The van der Waals surface area contributed by atoms with E-state index in [1.807, 2.05) is 25.1 Å². The molecular formula is C16H17BrN4. The third-order valence-corrected chi connectivity index (χ3v) is 3.42. The van der Waals surface area contributed by atoms with Crippen molar-refractivity contribution in [2.24, 2.45) is 0 Å². The minimum absolute atomic E-state index is 0.148. The molecule has 2 rings (SSSR count). The average Bonchev–Trinajstić information content (AvgIpc) is 2.37. The van der Waals surface area contributed by atoms with Crippen LogP contribution < -0.4 is 5.32 Å². The summed E-state index contributed by atoms with van der Waals surface area (Å²) >= 11 is 3.41. The third-order valence-electron chi connectivity index (χ3n) is 3.01. The quantitative estimate of drug-likeness (QED) is 0.817. The highest BCUT2D eigenvalue weighted by Gasteiger charge is 2.19. The van der Waals surface area contributed by atoms with Crippen LogP contribution in [0.2, 0.25) is 0 Å². The lowest BCUT2D eigenvalue weighted by Crippen LogP contribution is -2.17. The Morgan fingerprint density at radius 2 is 1.95 bits per heavy atom. The number of nitriles is 1. The van der Waals surface area contributed by atoms with Crippen LogP contribution >= 0.6 is 15.9 Å². The van der Waals surface area contributed by atoms with E-state index < -0.39 is 0 Å². The zero-order chi connectivity index (χ0) is 15.6. The fourth-order valence-corrected chi connectivity index (χ4v) is 2.26. The fourth-order valence-electron chi connectivity index (χ4n) is 1.88. The summed E-state index contributed by atoms with van der Waals surface area (Å²) in [5.74, 6) is 1.41. The first-order valence-corrected chi connectivity index (χ1v) is 7.42. The molecule has 1 aromatic heterocycles. The van der Waals surface area contributed by atoms with Crippen LogP contribution in [0.4, 0.5) is 11.5 Å². The molecule has 0 saturated heterocycles. The summed E-state index contributed by atoms with van der Waals surface area (Å²) in [7, 11) is 0. The summed E-state index contributed by atoms with van der Waals surface area (Å²) in [6.07, 6.45) is 0. The van der Waals surface area contributed by atoms with Crippen molar-refractivity contribution in [2.75, 3.05) is 5.32 Å². The van der Waals surface area contributed by atoms with Crippen molar-refractivity contribution in [3.8, 4) is 6.07 Å². The highest BCUT2D eigenvalue weighted by molar-refractivity contribution is 9.10. The predicted octanol–water partition coefficient (Wildman–Crippen LogP) is 4.46. The molecule has 0 spiro atoms. The molecule has 0 atom stereocenters. The molecule has 5 heteroatoms. The van der Waals surface area contributed by atoms with Crippen molar-refractivity contribution in [2.45, 2.75) is 33.1 Å². The van der Waals surface area contributed by atoms with Gasteiger partial charge in [-0.2, -0.15) is 5.26 Å². The van der Waals surface area contributed by atoms with E-state index in [0.717, 1.165) is 21.7 Å². The first-order chi connectivity index (χ1) is 9.81. The van der Waals surface area contributed by atoms with Crippen molar-refractivity contribution in [1.82, 2.24) is 9.97 Å². The van der Waals surface area contributed by atoms with E-state index in [9.17, 15) is 5.26 Å². The second kappa shape index (κ2) is 5.82. The van der Waals surface area contributed by atoms with Gasteiger partial charge < -0.3 is 5.32 Å². The van der Waals surface area contributed by atoms with Gasteiger partial charge in [0.15, 0.2) is 0 Å². The van der Waals surface area contributed by atoms with E-state index in [2.05, 4.69) is 58.1 Å². The molecule has 1 heterocycles. The van der Waals surface area contributed by atoms with Crippen LogP contribution in [0.15, 0.2) is 28.9 Å². The molecule has 108 valence electrons. The number of hydrogen-bond acceptors (Lipinski definition) is 4. The molecule has 2 aromatic rings. The van der Waals surface area contributed by atoms with Gasteiger partial charge in [-0.25, -0.2) is 9.97 Å². The van der Waals surface area contributed by atoms with E-state index in [-0.39, 0.29) is 5.41 Å². The summed E-state index contributed by atoms with van der Waals surface area (Å²) in [5.41, 5.74) is 2.17. The average molecular weight is 345 g/mol. The van der Waals surface area contributed by atoms with Gasteiger partial charge in [0.1, 0.15) is 22.3 Å². The van der Waals surface area contributed by atoms with Gasteiger partial charge in [0.05, 0.1) is 11.3 Å². The highest BCUT2D eigenvalue weighted by Crippen LogP contribution is 2.26. The minimum atomic E-state index is -0.148. The van der Waals surface area contributed by atoms with Gasteiger partial charge in [-0.3, -0.25) is 0 Å². The van der Waals surface area contributed by atoms with Crippen LogP contribution in [0.5, 0.6) is 0 Å². The first-order valence-electron chi connectivity index (χ1n) is 6.63. The maximum absolute atomic E-state index is 9.28. The molecule has 0 aliphatic heterocycles. The topological polar surface area (TPSA) is 61.6 Å². The van der Waals surface area contributed by atoms with Gasteiger partial charge in [0, 0.05) is 11.5 Å². The van der Waals surface area contributed by atoms with Gasteiger partial charge in [0.25, 0.3) is 0 Å². The molecule has 0 fully saturated rings. The summed E-state index contributed by atoms with van der Waals surface area (Å²) in [6, 6.07) is 9.74. The van der Waals surface area contributed by atoms with Crippen molar-refractivity contribution in [3.05, 3.63) is 45.8 Å². The molecule has 4 nitrogen and oxygen atoms in total. The third kappa shape index (κ3) is 3.59. The Hall–Kier alpha value is -1.93. The molecule has 0 bridgehead atoms. The maximum Gasteiger partial charge on any atom is 0.137 e. The fraction of sp³-hybridized carbons (Fsp3) is 0.312. The Morgan fingerprint density at radius 3 is 2.57 bits per heavy atom. The molecule has 0 saturated carbocycles. The van der Waals surface area contributed by atoms with Gasteiger partial charge in [0.2, 0.25) is 0 Å². The van der Waals surface area contributed by atoms with Crippen LogP contribution in [0.1, 0.15) is 37.7 Å². The summed E-state index contributed by atoms with van der Waals surface area (Å²) in [6.45, 7) is 8.10. The molecule has 21 heavy (non-hydrogen) atoms. The van der Waals surface area contributed by atoms with Crippen molar-refractivity contribution >= 4 is 27.4 Å². The molecular weight excluding hydrogens is 328 g/mol. The molecule has 1 N–H and O–H groups in total. The van der Waals surface area contributed by atoms with E-state index in [1.54, 1.807) is 6.07 Å². The maximum atomic E-state index is 9.28. The summed E-state index contributed by atoms with van der Waals surface area (Å²) in [4.78, 5) is 8.95. The van der Waals surface area contributed by atoms with Gasteiger partial charge in [-0.05, 0) is 34.5 Å². The summed E-state index contributed by atoms with van der Waals surface area (Å²) < 4.78 is 0.719. The second-order valence-electron chi connectivity index (χ2n) is 5.88. The van der Waals surface area contributed by atoms with Crippen molar-refractivity contribution in [1.29, 1.82) is 5.26 Å². The zero-order valence-corrected chi connectivity index (χ0v) is 14.1. The van der Waals surface area contributed by atoms with Crippen molar-refractivity contribution < 1.29 is 0 Å². The number of anilines is 2. The number of aryl methyl sites for hydroxylation is 1. The van der Waals surface area contributed by atoms with Crippen molar-refractivity contribution in [3.63, 3.8) is 0 Å². The summed E-state index contributed by atoms with van der Waals surface area (Å²) in [5, 5.41) is 12.5. The number of aromatic nitrogens is 2. The van der Waals surface area contributed by atoms with E-state index >= 15 is 0 Å². The lowest BCUT2D eigenvalue weighted by atomic mass is 9.96. The van der Waals surface area contributed by atoms with Crippen LogP contribution in [0, 0.1) is 18.3 Å². The Labute approximate surface area is 133 Å². The number of benzene rings is 1. The molecule has 1 aromatic carbocycles. The molecule has 0 unspecified atom stereocenters. The van der Waals surface area contributed by atoms with E-state index in [1.165, 1.54) is 0 Å². The van der Waals surface area contributed by atoms with Crippen LogP contribution in [0.3, 0.4) is 0 Å². The number of rotatable bonds is 2. The van der Waals surface area contributed by atoms with Crippen LogP contribution in [-0.2, 0) is 5.41 Å². The van der Waals surface area contributed by atoms with E-state index in [0.29, 0.717) is 11.4 Å². The lowest BCUT2D eigenvalue weighted by molar-refractivity contribution is 0.544. The largest absolute Gasteiger partial charge is 0.339 e. The van der Waals surface area contributed by atoms with Gasteiger partial charge >= 0.3 is 0 Å². The Morgan fingerprint density at radius 1 is 1.24 bits per heavy atom. The number of hydrogen-bond donors (Lipinski definition) is 1. The normalized spacial score (nSPS) is 11.0. The first kappa shape index (κ1) is 15.5. The molecule has 0 radical (unpaired) electrons. The smallest absolute Gasteiger partial charge is 0.137 e. The van der Waals surface area contributed by atoms with Crippen LogP contribution in [0.25, 0.3) is 0 Å². The standard InChI is InChI=1S/C16H17BrN4/c1-10-6-5-7-12(11(10)9-18)19-14-8-13(17)20-15(21-14)16(2,3)4/h5-8H,1-4H3,(H,19,20,21). The lowest BCUT2D eigenvalue weighted by Gasteiger charge is -2.18. The van der Waals surface area contributed by atoms with Crippen LogP contribution in [-0.4, -0.2) is 9.97 Å². The number of halogens is 1. The number of nitrogens with zero attached hydrogens (tertiary/aromatic N) is 3. The Balaban J connectivity index is 2.44. The Bertz CT molecular complexity index is 711. The highest BCUT2D eigenvalue weighted by atomic mass is 79.9. The second-order valence-corrected chi connectivity index (χ2v) is 6.70. The van der Waals surface area contributed by atoms with Gasteiger partial charge in [-0.15, -0.1) is 0 Å². The predicted molar refractivity (Wildman–Crippen MR) is 87.6 cm³/mol. The number of nitrogens with one attached hydrogen (secondary N) is 1. The minimum Gasteiger partial charge on any atom is -0.339 e. The zero-order valence-electron chi connectivity index (χ0n) is 12.5. The van der Waals surface area contributed by atoms with Gasteiger partial charge in [-0.1, -0.05) is 32.9 Å². The Kier molecular flexibility index (Phi) is 4.29. The monoisotopic (exact) mass is 344 g/mol. The molecule has 0 aliphatic carbocycles. The molecule has 0 amide bonds. The SMILES string of the molecule is Cc1cccc(Nc2cc(Br)nc(C(C)(C)C)n2)c1C#N. The molecule has 0 aliphatic rings. The van der Waals surface area contributed by atoms with E-state index in [4.69, 9.17) is 0 Å².